The van der Waals surface area contributed by atoms with Gasteiger partial charge in [-0.25, -0.2) is 4.39 Å². The molecule has 2 nitrogen and oxygen atoms in total. The molecule has 3 heteroatoms. The SMILES string of the molecule is CN(CCc1cccc(F)c1)CC(C)(C)CO. The van der Waals surface area contributed by atoms with E-state index in [-0.39, 0.29) is 17.8 Å². The summed E-state index contributed by atoms with van der Waals surface area (Å²) in [6.45, 7) is 5.94. The molecule has 0 spiro atoms. The third-order valence-electron chi connectivity index (χ3n) is 2.80. The third-order valence-corrected chi connectivity index (χ3v) is 2.80. The molecule has 0 unspecified atom stereocenters. The van der Waals surface area contributed by atoms with E-state index in [1.807, 2.05) is 27.0 Å². The largest absolute Gasteiger partial charge is 0.396 e. The minimum atomic E-state index is -0.180. The molecule has 0 aliphatic heterocycles. The van der Waals surface area contributed by atoms with Crippen molar-refractivity contribution in [2.45, 2.75) is 20.3 Å². The van der Waals surface area contributed by atoms with Gasteiger partial charge in [0.05, 0.1) is 0 Å². The maximum Gasteiger partial charge on any atom is 0.123 e. The molecule has 17 heavy (non-hydrogen) atoms. The summed E-state index contributed by atoms with van der Waals surface area (Å²) < 4.78 is 13.0. The first-order chi connectivity index (χ1) is 7.93. The molecule has 1 aromatic rings. The number of nitrogens with zero attached hydrogens (tertiary/aromatic N) is 1. The number of aliphatic hydroxyl groups is 1. The minimum Gasteiger partial charge on any atom is -0.396 e. The number of benzene rings is 1. The highest BCUT2D eigenvalue weighted by Gasteiger charge is 2.18. The molecular weight excluding hydrogens is 217 g/mol. The lowest BCUT2D eigenvalue weighted by Gasteiger charge is -2.28. The van der Waals surface area contributed by atoms with E-state index in [2.05, 4.69) is 4.90 Å². The van der Waals surface area contributed by atoms with Crippen LogP contribution >= 0.6 is 0 Å². The van der Waals surface area contributed by atoms with Gasteiger partial charge in [0.2, 0.25) is 0 Å². The van der Waals surface area contributed by atoms with Crippen molar-refractivity contribution in [2.75, 3.05) is 26.7 Å². The van der Waals surface area contributed by atoms with Crippen molar-refractivity contribution in [1.82, 2.24) is 4.90 Å². The van der Waals surface area contributed by atoms with Gasteiger partial charge < -0.3 is 10.0 Å². The van der Waals surface area contributed by atoms with E-state index in [0.717, 1.165) is 25.1 Å². The lowest BCUT2D eigenvalue weighted by Crippen LogP contribution is -2.35. The molecule has 0 fully saturated rings. The van der Waals surface area contributed by atoms with Crippen LogP contribution in [0.15, 0.2) is 24.3 Å². The number of aliphatic hydroxyl groups excluding tert-OH is 1. The number of rotatable bonds is 6. The summed E-state index contributed by atoms with van der Waals surface area (Å²) in [6.07, 6.45) is 0.829. The zero-order chi connectivity index (χ0) is 12.9. The second kappa shape index (κ2) is 6.12. The Morgan fingerprint density at radius 2 is 2.06 bits per heavy atom. The Morgan fingerprint density at radius 3 is 2.65 bits per heavy atom. The van der Waals surface area contributed by atoms with Gasteiger partial charge in [0.1, 0.15) is 5.82 Å². The molecule has 1 aromatic carbocycles. The van der Waals surface area contributed by atoms with Gasteiger partial charge in [0, 0.05) is 25.1 Å². The molecule has 0 aromatic heterocycles. The van der Waals surface area contributed by atoms with Crippen molar-refractivity contribution < 1.29 is 9.50 Å². The van der Waals surface area contributed by atoms with E-state index < -0.39 is 0 Å². The molecule has 1 N–H and O–H groups in total. The second-order valence-corrected chi connectivity index (χ2v) is 5.44. The van der Waals surface area contributed by atoms with Gasteiger partial charge in [-0.05, 0) is 31.2 Å². The Morgan fingerprint density at radius 1 is 1.35 bits per heavy atom. The summed E-state index contributed by atoms with van der Waals surface area (Å²) in [4.78, 5) is 2.17. The van der Waals surface area contributed by atoms with Gasteiger partial charge >= 0.3 is 0 Å². The fraction of sp³-hybridized carbons (Fsp3) is 0.571. The number of likely N-dealkylation sites (N-methyl/N-ethyl adjacent to an activating group) is 1. The van der Waals surface area contributed by atoms with Gasteiger partial charge in [-0.1, -0.05) is 26.0 Å². The summed E-state index contributed by atoms with van der Waals surface area (Å²) in [5.41, 5.74) is 0.926. The highest BCUT2D eigenvalue weighted by atomic mass is 19.1. The minimum absolute atomic E-state index is 0.0866. The van der Waals surface area contributed by atoms with Crippen molar-refractivity contribution in [3.63, 3.8) is 0 Å². The van der Waals surface area contributed by atoms with Crippen molar-refractivity contribution >= 4 is 0 Å². The van der Waals surface area contributed by atoms with Crippen LogP contribution in [-0.4, -0.2) is 36.8 Å². The maximum absolute atomic E-state index is 13.0. The van der Waals surface area contributed by atoms with E-state index in [1.54, 1.807) is 12.1 Å². The molecule has 1 rings (SSSR count). The van der Waals surface area contributed by atoms with Crippen LogP contribution in [0.4, 0.5) is 4.39 Å². The van der Waals surface area contributed by atoms with Crippen molar-refractivity contribution in [3.05, 3.63) is 35.6 Å². The monoisotopic (exact) mass is 239 g/mol. The van der Waals surface area contributed by atoms with Crippen LogP contribution in [0.25, 0.3) is 0 Å². The predicted molar refractivity (Wildman–Crippen MR) is 68.5 cm³/mol. The standard InChI is InChI=1S/C14H22FNO/c1-14(2,11-17)10-16(3)8-7-12-5-4-6-13(15)9-12/h4-6,9,17H,7-8,10-11H2,1-3H3. The summed E-state index contributed by atoms with van der Waals surface area (Å²) in [5, 5.41) is 9.19. The zero-order valence-corrected chi connectivity index (χ0v) is 10.9. The first-order valence-electron chi connectivity index (χ1n) is 5.97. The zero-order valence-electron chi connectivity index (χ0n) is 10.9. The first-order valence-corrected chi connectivity index (χ1v) is 5.97. The molecular formula is C14H22FNO. The van der Waals surface area contributed by atoms with E-state index >= 15 is 0 Å². The van der Waals surface area contributed by atoms with Crippen molar-refractivity contribution in [3.8, 4) is 0 Å². The van der Waals surface area contributed by atoms with E-state index in [1.165, 1.54) is 6.07 Å². The Bertz CT molecular complexity index is 352. The third kappa shape index (κ3) is 5.29. The van der Waals surface area contributed by atoms with Crippen LogP contribution in [0.3, 0.4) is 0 Å². The van der Waals surface area contributed by atoms with Crippen LogP contribution in [-0.2, 0) is 6.42 Å². The highest BCUT2D eigenvalue weighted by molar-refractivity contribution is 5.16. The topological polar surface area (TPSA) is 23.5 Å². The predicted octanol–water partition coefficient (Wildman–Crippen LogP) is 2.32. The fourth-order valence-corrected chi connectivity index (χ4v) is 1.87. The second-order valence-electron chi connectivity index (χ2n) is 5.44. The first kappa shape index (κ1) is 14.1. The summed E-state index contributed by atoms with van der Waals surface area (Å²) >= 11 is 0. The van der Waals surface area contributed by atoms with Gasteiger partial charge in [-0.15, -0.1) is 0 Å². The molecule has 0 aliphatic rings. The fourth-order valence-electron chi connectivity index (χ4n) is 1.87. The quantitative estimate of drug-likeness (QED) is 0.823. The van der Waals surface area contributed by atoms with Gasteiger partial charge in [-0.2, -0.15) is 0 Å². The molecule has 96 valence electrons. The van der Waals surface area contributed by atoms with Crippen LogP contribution in [0, 0.1) is 11.2 Å². The van der Waals surface area contributed by atoms with Gasteiger partial charge in [-0.3, -0.25) is 0 Å². The molecule has 0 heterocycles. The van der Waals surface area contributed by atoms with E-state index in [4.69, 9.17) is 0 Å². The Labute approximate surface area is 103 Å². The lowest BCUT2D eigenvalue weighted by molar-refractivity contribution is 0.116. The number of hydrogen-bond acceptors (Lipinski definition) is 2. The van der Waals surface area contributed by atoms with Crippen LogP contribution < -0.4 is 0 Å². The molecule has 0 radical (unpaired) electrons. The van der Waals surface area contributed by atoms with Gasteiger partial charge in [0.15, 0.2) is 0 Å². The van der Waals surface area contributed by atoms with Crippen LogP contribution in [0.5, 0.6) is 0 Å². The molecule has 0 amide bonds. The van der Waals surface area contributed by atoms with E-state index in [0.29, 0.717) is 0 Å². The number of halogens is 1. The lowest BCUT2D eigenvalue weighted by atomic mass is 9.94. The molecule has 0 saturated heterocycles. The smallest absolute Gasteiger partial charge is 0.123 e. The molecule has 0 atom stereocenters. The van der Waals surface area contributed by atoms with Crippen LogP contribution in [0.1, 0.15) is 19.4 Å². The average Bonchev–Trinajstić information content (AvgIpc) is 2.26. The maximum atomic E-state index is 13.0. The van der Waals surface area contributed by atoms with Crippen molar-refractivity contribution in [2.24, 2.45) is 5.41 Å². The average molecular weight is 239 g/mol. The summed E-state index contributed by atoms with van der Waals surface area (Å²) in [7, 11) is 2.02. The Hall–Kier alpha value is -0.930. The summed E-state index contributed by atoms with van der Waals surface area (Å²) in [6, 6.07) is 6.71. The highest BCUT2D eigenvalue weighted by Crippen LogP contribution is 2.15. The van der Waals surface area contributed by atoms with Crippen LogP contribution in [0.2, 0.25) is 0 Å². The Kier molecular flexibility index (Phi) is 5.09. The Balaban J connectivity index is 2.40. The normalized spacial score (nSPS) is 12.1. The van der Waals surface area contributed by atoms with Crippen molar-refractivity contribution in [1.29, 1.82) is 0 Å². The molecule has 0 saturated carbocycles. The summed E-state index contributed by atoms with van der Waals surface area (Å²) in [5.74, 6) is -0.180. The molecule has 0 aliphatic carbocycles. The van der Waals surface area contributed by atoms with E-state index in [9.17, 15) is 9.50 Å². The molecule has 0 bridgehead atoms. The van der Waals surface area contributed by atoms with Gasteiger partial charge in [0.25, 0.3) is 0 Å². The number of hydrogen-bond donors (Lipinski definition) is 1.